The Labute approximate surface area is 214 Å². The molecular weight excluding hydrogens is 474 g/mol. The first-order chi connectivity index (χ1) is 17.8. The Morgan fingerprint density at radius 3 is 2.68 bits per heavy atom. The number of anilines is 4. The van der Waals surface area contributed by atoms with E-state index in [1.807, 2.05) is 36.9 Å². The molecule has 37 heavy (non-hydrogen) atoms. The molecule has 0 saturated carbocycles. The zero-order valence-electron chi connectivity index (χ0n) is 20.8. The monoisotopic (exact) mass is 501 g/mol. The van der Waals surface area contributed by atoms with Gasteiger partial charge in [0.1, 0.15) is 11.6 Å². The van der Waals surface area contributed by atoms with Crippen LogP contribution in [0.3, 0.4) is 0 Å². The molecule has 0 aliphatic carbocycles. The number of fused-ring (bicyclic) bond motifs is 2. The fraction of sp³-hybridized carbons (Fsp3) is 0.222. The lowest BCUT2D eigenvalue weighted by Crippen LogP contribution is -2.25. The topological polar surface area (TPSA) is 125 Å². The highest BCUT2D eigenvalue weighted by atomic mass is 16.5. The van der Waals surface area contributed by atoms with E-state index >= 15 is 0 Å². The Bertz CT molecular complexity index is 1390. The molecule has 2 amide bonds. The third-order valence-corrected chi connectivity index (χ3v) is 5.88. The number of carbonyl (C=O) groups excluding carboxylic acids is 2. The molecule has 1 aliphatic heterocycles. The molecular formula is C27H27N5O5. The van der Waals surface area contributed by atoms with Crippen molar-refractivity contribution in [3.8, 4) is 5.75 Å². The third kappa shape index (κ3) is 5.58. The maximum atomic E-state index is 13.3. The highest BCUT2D eigenvalue weighted by Crippen LogP contribution is 2.37. The summed E-state index contributed by atoms with van der Waals surface area (Å²) in [6.07, 6.45) is 5.72. The van der Waals surface area contributed by atoms with Crippen molar-refractivity contribution in [2.45, 2.75) is 20.3 Å². The van der Waals surface area contributed by atoms with Crippen LogP contribution in [0.4, 0.5) is 23.0 Å². The smallest absolute Gasteiger partial charge is 0.328 e. The summed E-state index contributed by atoms with van der Waals surface area (Å²) < 4.78 is 5.94. The summed E-state index contributed by atoms with van der Waals surface area (Å²) in [7, 11) is 1.74. The van der Waals surface area contributed by atoms with Gasteiger partial charge in [-0.3, -0.25) is 9.59 Å². The largest absolute Gasteiger partial charge is 0.493 e. The summed E-state index contributed by atoms with van der Waals surface area (Å²) in [6, 6.07) is 10.7. The maximum Gasteiger partial charge on any atom is 0.328 e. The van der Waals surface area contributed by atoms with Crippen molar-refractivity contribution in [1.29, 1.82) is 0 Å². The van der Waals surface area contributed by atoms with Crippen molar-refractivity contribution in [3.05, 3.63) is 77.6 Å². The fourth-order valence-electron chi connectivity index (χ4n) is 4.06. The van der Waals surface area contributed by atoms with E-state index in [-0.39, 0.29) is 5.91 Å². The van der Waals surface area contributed by atoms with Gasteiger partial charge in [-0.1, -0.05) is 0 Å². The molecule has 190 valence electrons. The summed E-state index contributed by atoms with van der Waals surface area (Å²) in [6.45, 7) is 4.81. The summed E-state index contributed by atoms with van der Waals surface area (Å²) in [4.78, 5) is 48.2. The van der Waals surface area contributed by atoms with Crippen LogP contribution in [0.15, 0.2) is 60.9 Å². The molecule has 10 nitrogen and oxygen atoms in total. The number of aromatic nitrogens is 2. The maximum absolute atomic E-state index is 13.3. The number of nitrogens with one attached hydrogen (secondary N) is 1. The normalized spacial score (nSPS) is 12.7. The molecule has 10 heteroatoms. The van der Waals surface area contributed by atoms with Crippen molar-refractivity contribution in [3.63, 3.8) is 0 Å². The van der Waals surface area contributed by atoms with Crippen LogP contribution in [0, 0.1) is 6.92 Å². The van der Waals surface area contributed by atoms with E-state index in [0.29, 0.717) is 48.2 Å². The van der Waals surface area contributed by atoms with E-state index in [1.54, 1.807) is 42.5 Å². The second kappa shape index (κ2) is 10.9. The Morgan fingerprint density at radius 2 is 1.95 bits per heavy atom. The lowest BCUT2D eigenvalue weighted by atomic mass is 10.1. The number of aryl methyl sites for hydroxylation is 1. The highest BCUT2D eigenvalue weighted by molar-refractivity contribution is 6.12. The first-order valence-electron chi connectivity index (χ1n) is 11.7. The molecule has 1 aliphatic rings. The van der Waals surface area contributed by atoms with Gasteiger partial charge in [-0.2, -0.15) is 0 Å². The summed E-state index contributed by atoms with van der Waals surface area (Å²) in [5.74, 6) is 0.0376. The second-order valence-corrected chi connectivity index (χ2v) is 8.41. The van der Waals surface area contributed by atoms with Crippen LogP contribution in [0.1, 0.15) is 28.4 Å². The van der Waals surface area contributed by atoms with E-state index < -0.39 is 11.9 Å². The van der Waals surface area contributed by atoms with Crippen molar-refractivity contribution >= 4 is 40.8 Å². The van der Waals surface area contributed by atoms with Gasteiger partial charge in [-0.05, 0) is 61.4 Å². The van der Waals surface area contributed by atoms with Crippen molar-refractivity contribution in [1.82, 2.24) is 9.97 Å². The van der Waals surface area contributed by atoms with Crippen molar-refractivity contribution in [2.24, 2.45) is 0 Å². The van der Waals surface area contributed by atoms with Crippen LogP contribution in [-0.2, 0) is 16.0 Å². The zero-order chi connectivity index (χ0) is 26.5. The van der Waals surface area contributed by atoms with Crippen LogP contribution in [0.2, 0.25) is 0 Å². The molecule has 2 N–H and O–H groups in total. The summed E-state index contributed by atoms with van der Waals surface area (Å²) in [5, 5.41) is 11.2. The molecule has 4 rings (SSSR count). The highest BCUT2D eigenvalue weighted by Gasteiger charge is 2.30. The SMILES string of the molecule is CCN1c2ncc(CCOc3ccc(NC(=O)/C=C/C(=O)O)cc3C)cc2C(=O)N(C)c2cccnc21. The predicted molar refractivity (Wildman–Crippen MR) is 140 cm³/mol. The summed E-state index contributed by atoms with van der Waals surface area (Å²) >= 11 is 0. The lowest BCUT2D eigenvalue weighted by Gasteiger charge is -2.22. The van der Waals surface area contributed by atoms with Gasteiger partial charge in [0, 0.05) is 50.2 Å². The Morgan fingerprint density at radius 1 is 1.14 bits per heavy atom. The molecule has 2 aromatic heterocycles. The van der Waals surface area contributed by atoms with E-state index in [1.165, 1.54) is 0 Å². The van der Waals surface area contributed by atoms with Crippen LogP contribution in [0.25, 0.3) is 0 Å². The number of hydrogen-bond donors (Lipinski definition) is 2. The third-order valence-electron chi connectivity index (χ3n) is 5.88. The van der Waals surface area contributed by atoms with Gasteiger partial charge in [-0.25, -0.2) is 14.8 Å². The average molecular weight is 502 g/mol. The number of ether oxygens (including phenoxy) is 1. The number of rotatable bonds is 8. The van der Waals surface area contributed by atoms with Gasteiger partial charge in [0.05, 0.1) is 17.9 Å². The molecule has 0 unspecified atom stereocenters. The molecule has 3 heterocycles. The van der Waals surface area contributed by atoms with Gasteiger partial charge in [0.2, 0.25) is 5.91 Å². The van der Waals surface area contributed by atoms with E-state index in [2.05, 4.69) is 15.3 Å². The van der Waals surface area contributed by atoms with Crippen LogP contribution in [-0.4, -0.2) is 53.1 Å². The van der Waals surface area contributed by atoms with Crippen LogP contribution in [0.5, 0.6) is 5.75 Å². The number of pyridine rings is 2. The number of amides is 2. The van der Waals surface area contributed by atoms with Crippen molar-refractivity contribution in [2.75, 3.05) is 35.3 Å². The van der Waals surface area contributed by atoms with Gasteiger partial charge in [0.15, 0.2) is 5.82 Å². The minimum atomic E-state index is -1.19. The van der Waals surface area contributed by atoms with E-state index in [0.717, 1.165) is 29.0 Å². The Kier molecular flexibility index (Phi) is 7.47. The lowest BCUT2D eigenvalue weighted by molar-refractivity contribution is -0.131. The molecule has 0 atom stereocenters. The molecule has 0 radical (unpaired) electrons. The predicted octanol–water partition coefficient (Wildman–Crippen LogP) is 3.73. The zero-order valence-corrected chi connectivity index (χ0v) is 20.8. The minimum absolute atomic E-state index is 0.151. The van der Waals surface area contributed by atoms with Crippen LogP contribution >= 0.6 is 0 Å². The Hall–Kier alpha value is -4.73. The van der Waals surface area contributed by atoms with Gasteiger partial charge in [-0.15, -0.1) is 0 Å². The molecule has 0 bridgehead atoms. The minimum Gasteiger partial charge on any atom is -0.493 e. The fourth-order valence-corrected chi connectivity index (χ4v) is 4.06. The average Bonchev–Trinajstić information content (AvgIpc) is 2.97. The number of nitrogens with zero attached hydrogens (tertiary/aromatic N) is 4. The molecule has 0 fully saturated rings. The number of benzene rings is 1. The number of carboxylic acids is 1. The molecule has 3 aromatic rings. The summed E-state index contributed by atoms with van der Waals surface area (Å²) in [5.41, 5.74) is 3.43. The standard InChI is InChI=1S/C27H27N5O5/c1-4-32-25-20(27(36)31(3)21-6-5-12-28-26(21)32)15-18(16-29-25)11-13-37-22-8-7-19(14-17(22)2)30-23(33)9-10-24(34)35/h5-10,12,14-16H,4,11,13H2,1-3H3,(H,30,33)(H,34,35)/b10-9+. The first-order valence-corrected chi connectivity index (χ1v) is 11.7. The molecule has 1 aromatic carbocycles. The molecule has 0 spiro atoms. The number of hydrogen-bond acceptors (Lipinski definition) is 7. The van der Waals surface area contributed by atoms with Crippen molar-refractivity contribution < 1.29 is 24.2 Å². The number of aliphatic carboxylic acids is 1. The van der Waals surface area contributed by atoms with Gasteiger partial charge in [0.25, 0.3) is 5.91 Å². The first kappa shape index (κ1) is 25.4. The molecule has 0 saturated heterocycles. The number of carboxylic acid groups (broad SMARTS) is 1. The Balaban J connectivity index is 1.44. The van der Waals surface area contributed by atoms with E-state index in [4.69, 9.17) is 9.84 Å². The van der Waals surface area contributed by atoms with Gasteiger partial charge >= 0.3 is 5.97 Å². The quantitative estimate of drug-likeness (QED) is 0.448. The van der Waals surface area contributed by atoms with Gasteiger partial charge < -0.3 is 25.0 Å². The van der Waals surface area contributed by atoms with Crippen LogP contribution < -0.4 is 19.9 Å². The van der Waals surface area contributed by atoms with E-state index in [9.17, 15) is 14.4 Å². The second-order valence-electron chi connectivity index (χ2n) is 8.41. The number of carbonyl (C=O) groups is 3.